The van der Waals surface area contributed by atoms with Crippen molar-refractivity contribution in [3.05, 3.63) is 93.1 Å². The first-order valence-electron chi connectivity index (χ1n) is 14.2. The summed E-state index contributed by atoms with van der Waals surface area (Å²) >= 11 is 0. The fourth-order valence-corrected chi connectivity index (χ4v) is 4.98. The summed E-state index contributed by atoms with van der Waals surface area (Å²) in [6, 6.07) is 17.9. The highest BCUT2D eigenvalue weighted by Gasteiger charge is 2.23. The third kappa shape index (κ3) is 6.39. The number of esters is 1. The monoisotopic (exact) mass is 567 g/mol. The summed E-state index contributed by atoms with van der Waals surface area (Å²) in [6.45, 7) is 11.7. The van der Waals surface area contributed by atoms with Gasteiger partial charge in [-0.15, -0.1) is 0 Å². The summed E-state index contributed by atoms with van der Waals surface area (Å²) in [6.07, 6.45) is 1.30. The van der Waals surface area contributed by atoms with Crippen LogP contribution in [-0.4, -0.2) is 37.5 Å². The Kier molecular flexibility index (Phi) is 8.18. The Balaban J connectivity index is 1.50. The number of carbonyl (C=O) groups is 1. The molecule has 5 rings (SSSR count). The van der Waals surface area contributed by atoms with Gasteiger partial charge < -0.3 is 29.9 Å². The quantitative estimate of drug-likeness (QED) is 0.148. The number of ether oxygens (including phenoxy) is 2. The Bertz CT molecular complexity index is 1700. The average Bonchev–Trinajstić information content (AvgIpc) is 2.91. The Hall–Kier alpha value is -4.43. The molecule has 8 heteroatoms. The highest BCUT2D eigenvalue weighted by molar-refractivity contribution is 5.96. The number of anilines is 2. The Morgan fingerprint density at radius 3 is 2.55 bits per heavy atom. The van der Waals surface area contributed by atoms with Gasteiger partial charge in [-0.05, 0) is 76.6 Å². The van der Waals surface area contributed by atoms with Gasteiger partial charge in [0, 0.05) is 52.8 Å². The van der Waals surface area contributed by atoms with Gasteiger partial charge in [0.25, 0.3) is 0 Å². The van der Waals surface area contributed by atoms with Crippen LogP contribution in [0.3, 0.4) is 0 Å². The summed E-state index contributed by atoms with van der Waals surface area (Å²) in [7, 11) is 0. The number of benzene rings is 3. The van der Waals surface area contributed by atoms with Crippen molar-refractivity contribution < 1.29 is 18.7 Å². The molecule has 1 aliphatic rings. The van der Waals surface area contributed by atoms with E-state index in [-0.39, 0.29) is 11.5 Å². The van der Waals surface area contributed by atoms with Crippen molar-refractivity contribution in [2.24, 2.45) is 5.92 Å². The molecule has 1 unspecified atom stereocenters. The van der Waals surface area contributed by atoms with Crippen LogP contribution in [0, 0.1) is 18.3 Å². The zero-order valence-electron chi connectivity index (χ0n) is 24.7. The van der Waals surface area contributed by atoms with E-state index in [9.17, 15) is 9.59 Å². The van der Waals surface area contributed by atoms with Gasteiger partial charge in [0.1, 0.15) is 16.9 Å². The smallest absolute Gasteiger partial charge is 0.340 e. The molecule has 3 N–H and O–H groups in total. The lowest BCUT2D eigenvalue weighted by Gasteiger charge is -2.26. The number of hydrogen-bond acceptors (Lipinski definition) is 8. The maximum atomic E-state index is 13.4. The van der Waals surface area contributed by atoms with E-state index in [1.165, 1.54) is 12.3 Å². The highest BCUT2D eigenvalue weighted by atomic mass is 16.6. The minimum absolute atomic E-state index is 0.152. The lowest BCUT2D eigenvalue weighted by molar-refractivity contribution is -0.0248. The van der Waals surface area contributed by atoms with Gasteiger partial charge in [-0.25, -0.2) is 4.79 Å². The normalized spacial score (nSPS) is 14.2. The molecular formula is C34H37N3O5. The molecule has 42 heavy (non-hydrogen) atoms. The van der Waals surface area contributed by atoms with Gasteiger partial charge in [0.2, 0.25) is 0 Å². The lowest BCUT2D eigenvalue weighted by atomic mass is 9.99. The molecule has 218 valence electrons. The average molecular weight is 568 g/mol. The molecule has 1 aliphatic heterocycles. The van der Waals surface area contributed by atoms with E-state index in [0.717, 1.165) is 36.6 Å². The number of carbonyl (C=O) groups excluding carboxylic acids is 1. The molecule has 3 aromatic carbocycles. The van der Waals surface area contributed by atoms with E-state index in [2.05, 4.69) is 10.6 Å². The molecule has 1 atom stereocenters. The van der Waals surface area contributed by atoms with Crippen LogP contribution in [0.1, 0.15) is 60.8 Å². The van der Waals surface area contributed by atoms with Gasteiger partial charge in [-0.3, -0.25) is 4.79 Å². The Morgan fingerprint density at radius 1 is 1.10 bits per heavy atom. The van der Waals surface area contributed by atoms with Crippen LogP contribution in [0.4, 0.5) is 11.4 Å². The second-order valence-corrected chi connectivity index (χ2v) is 11.8. The first kappa shape index (κ1) is 29.1. The van der Waals surface area contributed by atoms with Gasteiger partial charge >= 0.3 is 5.97 Å². The molecule has 0 aliphatic carbocycles. The molecular weight excluding hydrogens is 530 g/mol. The van der Waals surface area contributed by atoms with Crippen LogP contribution in [-0.2, 0) is 9.47 Å². The van der Waals surface area contributed by atoms with E-state index < -0.39 is 11.6 Å². The van der Waals surface area contributed by atoms with Gasteiger partial charge in [0.15, 0.2) is 5.43 Å². The maximum absolute atomic E-state index is 13.4. The van der Waals surface area contributed by atoms with Gasteiger partial charge in [-0.2, -0.15) is 0 Å². The van der Waals surface area contributed by atoms with Crippen LogP contribution < -0.4 is 16.1 Å². The second kappa shape index (κ2) is 11.8. The van der Waals surface area contributed by atoms with Crippen molar-refractivity contribution in [1.29, 1.82) is 5.41 Å². The fraction of sp³-hybridized carbons (Fsp3) is 0.324. The topological polar surface area (TPSA) is 114 Å². The van der Waals surface area contributed by atoms with Crippen molar-refractivity contribution in [3.63, 3.8) is 0 Å². The molecule has 2 heterocycles. The number of para-hydroxylation sites is 1. The van der Waals surface area contributed by atoms with E-state index in [0.29, 0.717) is 45.0 Å². The van der Waals surface area contributed by atoms with Crippen molar-refractivity contribution in [1.82, 2.24) is 0 Å². The molecule has 1 saturated heterocycles. The fourth-order valence-electron chi connectivity index (χ4n) is 4.98. The van der Waals surface area contributed by atoms with Crippen LogP contribution in [0.5, 0.6) is 0 Å². The molecule has 1 fully saturated rings. The Labute approximate surface area is 245 Å². The van der Waals surface area contributed by atoms with E-state index in [4.69, 9.17) is 19.3 Å². The third-order valence-corrected chi connectivity index (χ3v) is 7.17. The first-order chi connectivity index (χ1) is 20.0. The lowest BCUT2D eigenvalue weighted by Crippen LogP contribution is -2.33. The predicted octanol–water partition coefficient (Wildman–Crippen LogP) is 6.95. The van der Waals surface area contributed by atoms with Crippen molar-refractivity contribution in [2.75, 3.05) is 30.4 Å². The van der Waals surface area contributed by atoms with Crippen LogP contribution in [0.25, 0.3) is 22.3 Å². The van der Waals surface area contributed by atoms with E-state index in [1.54, 1.807) is 12.1 Å². The predicted molar refractivity (Wildman–Crippen MR) is 167 cm³/mol. The summed E-state index contributed by atoms with van der Waals surface area (Å²) in [5, 5.41) is 15.3. The number of fused-ring (bicyclic) bond motifs is 1. The van der Waals surface area contributed by atoms with Crippen LogP contribution in [0.15, 0.2) is 69.9 Å². The molecule has 8 nitrogen and oxygen atoms in total. The first-order valence-corrected chi connectivity index (χ1v) is 14.2. The van der Waals surface area contributed by atoms with E-state index in [1.807, 2.05) is 77.1 Å². The zero-order chi connectivity index (χ0) is 30.0. The summed E-state index contributed by atoms with van der Waals surface area (Å²) < 4.78 is 17.3. The van der Waals surface area contributed by atoms with Gasteiger partial charge in [-0.1, -0.05) is 18.2 Å². The Morgan fingerprint density at radius 2 is 1.86 bits per heavy atom. The SMILES string of the molecule is Cc1cc(C(C)Nc2ccccc2C(=O)OC(C)(C)C)c2oc(-c3ccc(NCC4COC4)c(C=N)c3)cc(=O)c2c1. The van der Waals surface area contributed by atoms with E-state index >= 15 is 0 Å². The highest BCUT2D eigenvalue weighted by Crippen LogP contribution is 2.32. The van der Waals surface area contributed by atoms with Crippen molar-refractivity contribution >= 4 is 34.5 Å². The minimum Gasteiger partial charge on any atom is -0.456 e. The number of nitrogens with one attached hydrogen (secondary N) is 3. The largest absolute Gasteiger partial charge is 0.456 e. The number of hydrogen-bond donors (Lipinski definition) is 3. The third-order valence-electron chi connectivity index (χ3n) is 7.17. The molecule has 0 saturated carbocycles. The molecule has 0 radical (unpaired) electrons. The standard InChI is InChI=1S/C34H37N3O5/c1-20-12-26(21(2)37-29-9-7-6-8-25(29)33(39)42-34(3,4)5)32-27(13-20)30(38)15-31(41-32)23-10-11-28(24(14-23)16-35)36-17-22-18-40-19-22/h6-16,21-22,35-37H,17-19H2,1-5H3. The zero-order valence-corrected chi connectivity index (χ0v) is 24.7. The van der Waals surface area contributed by atoms with Gasteiger partial charge in [0.05, 0.1) is 30.2 Å². The second-order valence-electron chi connectivity index (χ2n) is 11.8. The van der Waals surface area contributed by atoms with Crippen LogP contribution in [0.2, 0.25) is 0 Å². The maximum Gasteiger partial charge on any atom is 0.340 e. The summed E-state index contributed by atoms with van der Waals surface area (Å²) in [5.41, 5.74) is 4.71. The number of rotatable bonds is 9. The molecule has 0 bridgehead atoms. The molecule has 1 aromatic heterocycles. The minimum atomic E-state index is -0.625. The molecule has 4 aromatic rings. The summed E-state index contributed by atoms with van der Waals surface area (Å²) in [4.78, 5) is 26.3. The van der Waals surface area contributed by atoms with Crippen molar-refractivity contribution in [3.8, 4) is 11.3 Å². The summed E-state index contributed by atoms with van der Waals surface area (Å²) in [5.74, 6) is 0.470. The molecule has 0 spiro atoms. The van der Waals surface area contributed by atoms with Crippen LogP contribution >= 0.6 is 0 Å². The molecule has 0 amide bonds. The van der Waals surface area contributed by atoms with Crippen molar-refractivity contribution in [2.45, 2.75) is 46.3 Å². The number of aryl methyl sites for hydroxylation is 1.